The number of carbonyl (C=O) groups is 2. The van der Waals surface area contributed by atoms with Crippen LogP contribution in [0.3, 0.4) is 0 Å². The van der Waals surface area contributed by atoms with E-state index in [2.05, 4.69) is 21.1 Å². The Balaban J connectivity index is 0.000000259. The quantitative estimate of drug-likeness (QED) is 0.163. The summed E-state index contributed by atoms with van der Waals surface area (Å²) in [5.41, 5.74) is 4.73. The third kappa shape index (κ3) is 10.7. The minimum absolute atomic E-state index is 0.00912. The van der Waals surface area contributed by atoms with Gasteiger partial charge in [-0.2, -0.15) is 0 Å². The number of aromatic nitrogens is 1. The van der Waals surface area contributed by atoms with Gasteiger partial charge in [0.2, 0.25) is 0 Å². The number of rotatable bonds is 10. The van der Waals surface area contributed by atoms with Crippen molar-refractivity contribution in [3.05, 3.63) is 96.6 Å². The number of nitrogens with one attached hydrogen (secondary N) is 1. The number of carbonyl (C=O) groups excluding carboxylic acids is 2. The van der Waals surface area contributed by atoms with E-state index in [0.29, 0.717) is 12.2 Å². The number of Topliss-reactive ketones (excluding diaryl/α,β-unsaturated/α-hetero) is 1. The smallest absolute Gasteiger partial charge is 0.163 e. The number of aromatic hydroxyl groups is 1. The lowest BCUT2D eigenvalue weighted by Crippen LogP contribution is -1.99. The summed E-state index contributed by atoms with van der Waals surface area (Å²) in [6.45, 7) is 5.29. The Morgan fingerprint density at radius 3 is 2.08 bits per heavy atom. The zero-order valence-corrected chi connectivity index (χ0v) is 23.6. The van der Waals surface area contributed by atoms with E-state index in [0.717, 1.165) is 46.8 Å². The summed E-state index contributed by atoms with van der Waals surface area (Å²) in [7, 11) is 3.54. The van der Waals surface area contributed by atoms with Crippen LogP contribution in [-0.4, -0.2) is 49.5 Å². The number of methoxy groups -OCH3 is 1. The van der Waals surface area contributed by atoms with Crippen molar-refractivity contribution in [2.75, 3.05) is 32.7 Å². The summed E-state index contributed by atoms with van der Waals surface area (Å²) in [4.78, 5) is 26.2. The molecule has 0 unspecified atom stereocenters. The van der Waals surface area contributed by atoms with E-state index in [-0.39, 0.29) is 24.4 Å². The molecule has 0 atom stereocenters. The van der Waals surface area contributed by atoms with Crippen molar-refractivity contribution in [3.63, 3.8) is 0 Å². The molecule has 4 rings (SSSR count). The van der Waals surface area contributed by atoms with Crippen LogP contribution in [0.5, 0.6) is 11.5 Å². The van der Waals surface area contributed by atoms with E-state index >= 15 is 0 Å². The Bertz CT molecular complexity index is 1290. The zero-order chi connectivity index (χ0) is 29.2. The Morgan fingerprint density at radius 1 is 0.875 bits per heavy atom. The standard InChI is InChI=1S/C18H16N2O.C12H14O3.C3H8O/c1-19-18-12-15(13-7-9-16(21)10-8-13)11-17(20-18)14-5-3-2-4-6-14;1-2-15-11-7-5-10(6-8-11)12(14)4-3-9-13;1-3-4-2/h2-12,21H,1H3,(H,19,20);5-9H,2-4H2,1H3;3H2,1-2H3. The normalized spacial score (nSPS) is 9.80. The highest BCUT2D eigenvalue weighted by atomic mass is 16.5. The topological polar surface area (TPSA) is 97.8 Å². The molecule has 2 N–H and O–H groups in total. The summed E-state index contributed by atoms with van der Waals surface area (Å²) in [6, 6.07) is 28.3. The maximum atomic E-state index is 11.5. The number of ether oxygens (including phenoxy) is 2. The fourth-order valence-corrected chi connectivity index (χ4v) is 3.47. The van der Waals surface area contributed by atoms with Gasteiger partial charge in [-0.25, -0.2) is 4.98 Å². The molecule has 0 radical (unpaired) electrons. The van der Waals surface area contributed by atoms with Gasteiger partial charge in [0.1, 0.15) is 23.6 Å². The van der Waals surface area contributed by atoms with Crippen LogP contribution in [-0.2, 0) is 9.53 Å². The van der Waals surface area contributed by atoms with Gasteiger partial charge in [-0.1, -0.05) is 42.5 Å². The Kier molecular flexibility index (Phi) is 14.2. The molecule has 3 aromatic carbocycles. The number of pyridine rings is 1. The van der Waals surface area contributed by atoms with Crippen molar-refractivity contribution in [1.29, 1.82) is 0 Å². The fraction of sp³-hybridized carbons (Fsp3) is 0.242. The molecule has 0 saturated heterocycles. The van der Waals surface area contributed by atoms with Gasteiger partial charge < -0.3 is 24.7 Å². The molecule has 4 aromatic rings. The molecular weight excluding hydrogens is 504 g/mol. The van der Waals surface area contributed by atoms with Crippen molar-refractivity contribution in [1.82, 2.24) is 4.98 Å². The third-order valence-corrected chi connectivity index (χ3v) is 5.62. The Morgan fingerprint density at radius 2 is 1.52 bits per heavy atom. The average molecular weight is 543 g/mol. The predicted molar refractivity (Wildman–Crippen MR) is 161 cm³/mol. The predicted octanol–water partition coefficient (Wildman–Crippen LogP) is 7.06. The molecular formula is C33H38N2O5. The molecule has 210 valence electrons. The van der Waals surface area contributed by atoms with Crippen molar-refractivity contribution < 1.29 is 24.2 Å². The molecule has 0 spiro atoms. The fourth-order valence-electron chi connectivity index (χ4n) is 3.47. The Hall–Kier alpha value is -4.49. The van der Waals surface area contributed by atoms with Crippen LogP contribution in [0, 0.1) is 0 Å². The second kappa shape index (κ2) is 17.9. The number of hydrogen-bond donors (Lipinski definition) is 2. The lowest BCUT2D eigenvalue weighted by Gasteiger charge is -2.09. The van der Waals surface area contributed by atoms with Gasteiger partial charge in [0.05, 0.1) is 12.3 Å². The first-order valence-electron chi connectivity index (χ1n) is 13.2. The van der Waals surface area contributed by atoms with Crippen molar-refractivity contribution in [2.45, 2.75) is 26.7 Å². The average Bonchev–Trinajstić information content (AvgIpc) is 3.01. The molecule has 0 aliphatic carbocycles. The monoisotopic (exact) mass is 542 g/mol. The van der Waals surface area contributed by atoms with Crippen LogP contribution < -0.4 is 10.1 Å². The summed E-state index contributed by atoms with van der Waals surface area (Å²) < 4.78 is 9.80. The first kappa shape index (κ1) is 31.7. The number of ketones is 1. The van der Waals surface area contributed by atoms with Gasteiger partial charge in [0.25, 0.3) is 0 Å². The van der Waals surface area contributed by atoms with Crippen LogP contribution in [0.2, 0.25) is 0 Å². The number of aldehydes is 1. The highest BCUT2D eigenvalue weighted by Crippen LogP contribution is 2.28. The van der Waals surface area contributed by atoms with E-state index < -0.39 is 0 Å². The highest BCUT2D eigenvalue weighted by molar-refractivity contribution is 5.96. The maximum absolute atomic E-state index is 11.5. The first-order chi connectivity index (χ1) is 19.4. The third-order valence-electron chi connectivity index (χ3n) is 5.62. The van der Waals surface area contributed by atoms with Crippen LogP contribution in [0.15, 0.2) is 91.0 Å². The molecule has 1 heterocycles. The molecule has 1 aromatic heterocycles. The number of phenolic OH excluding ortho intramolecular Hbond substituents is 1. The lowest BCUT2D eigenvalue weighted by atomic mass is 10.0. The number of benzene rings is 3. The molecule has 0 fully saturated rings. The van der Waals surface area contributed by atoms with Crippen LogP contribution in [0.1, 0.15) is 37.0 Å². The SMILES string of the molecule is CCOC.CCOc1ccc(C(=O)CCC=O)cc1.CNc1cc(-c2ccc(O)cc2)cc(-c2ccccc2)n1. The molecule has 7 nitrogen and oxygen atoms in total. The lowest BCUT2D eigenvalue weighted by molar-refractivity contribution is -0.107. The van der Waals surface area contributed by atoms with Gasteiger partial charge in [-0.15, -0.1) is 0 Å². The number of phenols is 1. The number of anilines is 1. The van der Waals surface area contributed by atoms with Gasteiger partial charge >= 0.3 is 0 Å². The van der Waals surface area contributed by atoms with Crippen molar-refractivity contribution in [3.8, 4) is 33.9 Å². The maximum Gasteiger partial charge on any atom is 0.163 e. The zero-order valence-electron chi connectivity index (χ0n) is 23.6. The van der Waals surface area contributed by atoms with E-state index in [1.165, 1.54) is 0 Å². The molecule has 7 heteroatoms. The van der Waals surface area contributed by atoms with E-state index in [1.807, 2.05) is 69.4 Å². The van der Waals surface area contributed by atoms with Crippen LogP contribution >= 0.6 is 0 Å². The summed E-state index contributed by atoms with van der Waals surface area (Å²) >= 11 is 0. The van der Waals surface area contributed by atoms with E-state index in [4.69, 9.17) is 4.74 Å². The minimum Gasteiger partial charge on any atom is -0.508 e. The van der Waals surface area contributed by atoms with Crippen LogP contribution in [0.25, 0.3) is 22.4 Å². The first-order valence-corrected chi connectivity index (χ1v) is 13.2. The summed E-state index contributed by atoms with van der Waals surface area (Å²) in [6.07, 6.45) is 1.32. The summed E-state index contributed by atoms with van der Waals surface area (Å²) in [5.74, 6) is 1.83. The molecule has 40 heavy (non-hydrogen) atoms. The van der Waals surface area contributed by atoms with Crippen molar-refractivity contribution >= 4 is 17.9 Å². The Labute approximate surface area is 236 Å². The van der Waals surface area contributed by atoms with Gasteiger partial charge in [0, 0.05) is 44.7 Å². The molecule has 0 amide bonds. The van der Waals surface area contributed by atoms with E-state index in [9.17, 15) is 14.7 Å². The van der Waals surface area contributed by atoms with Gasteiger partial charge in [-0.3, -0.25) is 4.79 Å². The largest absolute Gasteiger partial charge is 0.508 e. The second-order valence-corrected chi connectivity index (χ2v) is 8.45. The van der Waals surface area contributed by atoms with Gasteiger partial charge in [0.15, 0.2) is 5.78 Å². The molecule has 0 bridgehead atoms. The molecule has 0 aliphatic rings. The van der Waals surface area contributed by atoms with Crippen LogP contribution in [0.4, 0.5) is 5.82 Å². The van der Waals surface area contributed by atoms with Gasteiger partial charge in [-0.05, 0) is 73.5 Å². The second-order valence-electron chi connectivity index (χ2n) is 8.45. The number of nitrogens with zero attached hydrogens (tertiary/aromatic N) is 1. The molecule has 0 aliphatic heterocycles. The minimum atomic E-state index is -0.00912. The van der Waals surface area contributed by atoms with E-state index in [1.54, 1.807) is 43.5 Å². The molecule has 0 saturated carbocycles. The summed E-state index contributed by atoms with van der Waals surface area (Å²) in [5, 5.41) is 12.5. The number of hydrogen-bond acceptors (Lipinski definition) is 7. The van der Waals surface area contributed by atoms with Crippen molar-refractivity contribution in [2.24, 2.45) is 0 Å². The highest BCUT2D eigenvalue weighted by Gasteiger charge is 2.07.